The van der Waals surface area contributed by atoms with E-state index in [1.54, 1.807) is 0 Å². The molecular weight excluding hydrogens is 290 g/mol. The Labute approximate surface area is 119 Å². The van der Waals surface area contributed by atoms with Crippen molar-refractivity contribution in [2.75, 3.05) is 13.2 Å². The summed E-state index contributed by atoms with van der Waals surface area (Å²) in [5.41, 5.74) is 2.44. The van der Waals surface area contributed by atoms with Gasteiger partial charge in [0.2, 0.25) is 0 Å². The maximum atomic E-state index is 5.93. The van der Waals surface area contributed by atoms with Crippen LogP contribution in [0.1, 0.15) is 44.2 Å². The van der Waals surface area contributed by atoms with Gasteiger partial charge >= 0.3 is 0 Å². The lowest BCUT2D eigenvalue weighted by molar-refractivity contribution is 0.303. The second kappa shape index (κ2) is 8.54. The van der Waals surface area contributed by atoms with Gasteiger partial charge in [-0.1, -0.05) is 36.2 Å². The smallest absolute Gasteiger partial charge is 0.126 e. The first kappa shape index (κ1) is 15.5. The van der Waals surface area contributed by atoms with Gasteiger partial charge in [-0.05, 0) is 44.0 Å². The van der Waals surface area contributed by atoms with Crippen molar-refractivity contribution in [3.63, 3.8) is 0 Å². The summed E-state index contributed by atoms with van der Waals surface area (Å²) in [5, 5.41) is 3.44. The van der Waals surface area contributed by atoms with Crippen LogP contribution in [0.4, 0.5) is 0 Å². The van der Waals surface area contributed by atoms with Gasteiger partial charge in [0.25, 0.3) is 0 Å². The van der Waals surface area contributed by atoms with E-state index in [0.717, 1.165) is 42.8 Å². The van der Waals surface area contributed by atoms with Crippen LogP contribution in [0.5, 0.6) is 5.75 Å². The third-order valence-corrected chi connectivity index (χ3v) is 3.26. The Kier molecular flexibility index (Phi) is 7.36. The van der Waals surface area contributed by atoms with Gasteiger partial charge in [0, 0.05) is 16.6 Å². The maximum absolute atomic E-state index is 5.93. The van der Waals surface area contributed by atoms with E-state index in [1.165, 1.54) is 17.5 Å². The van der Waals surface area contributed by atoms with Crippen LogP contribution in [0.3, 0.4) is 0 Å². The third-order valence-electron chi connectivity index (χ3n) is 2.80. The van der Waals surface area contributed by atoms with E-state index in [2.05, 4.69) is 54.2 Å². The Morgan fingerprint density at radius 2 is 2.00 bits per heavy atom. The average molecular weight is 314 g/mol. The Morgan fingerprint density at radius 3 is 2.67 bits per heavy atom. The number of benzene rings is 1. The highest BCUT2D eigenvalue weighted by Crippen LogP contribution is 2.28. The number of ether oxygens (including phenoxy) is 1. The lowest BCUT2D eigenvalue weighted by Gasteiger charge is -2.15. The van der Waals surface area contributed by atoms with E-state index in [-0.39, 0.29) is 0 Å². The molecule has 0 aliphatic rings. The van der Waals surface area contributed by atoms with E-state index in [0.29, 0.717) is 0 Å². The summed E-state index contributed by atoms with van der Waals surface area (Å²) >= 11 is 3.55. The van der Waals surface area contributed by atoms with E-state index < -0.39 is 0 Å². The Bertz CT molecular complexity index is 366. The molecule has 0 aliphatic heterocycles. The highest BCUT2D eigenvalue weighted by atomic mass is 79.9. The molecule has 0 radical (unpaired) electrons. The van der Waals surface area contributed by atoms with E-state index >= 15 is 0 Å². The van der Waals surface area contributed by atoms with Gasteiger partial charge in [-0.2, -0.15) is 0 Å². The molecule has 3 heteroatoms. The van der Waals surface area contributed by atoms with Gasteiger partial charge < -0.3 is 10.1 Å². The van der Waals surface area contributed by atoms with Crippen molar-refractivity contribution in [2.24, 2.45) is 0 Å². The summed E-state index contributed by atoms with van der Waals surface area (Å²) in [6.07, 6.45) is 3.43. The van der Waals surface area contributed by atoms with Crippen LogP contribution in [0, 0.1) is 6.92 Å². The van der Waals surface area contributed by atoms with Gasteiger partial charge in [-0.3, -0.25) is 0 Å². The lowest BCUT2D eigenvalue weighted by Crippen LogP contribution is -2.15. The second-order valence-electron chi connectivity index (χ2n) is 4.59. The number of unbranched alkanes of at least 4 members (excludes halogenated alkanes) is 1. The number of halogens is 1. The van der Waals surface area contributed by atoms with Crippen molar-refractivity contribution in [3.05, 3.63) is 27.7 Å². The van der Waals surface area contributed by atoms with E-state index in [9.17, 15) is 0 Å². The van der Waals surface area contributed by atoms with Crippen LogP contribution >= 0.6 is 15.9 Å². The first-order valence-corrected chi connectivity index (χ1v) is 7.60. The van der Waals surface area contributed by atoms with Gasteiger partial charge in [-0.15, -0.1) is 0 Å². The van der Waals surface area contributed by atoms with Crippen LogP contribution in [-0.2, 0) is 6.54 Å². The molecule has 0 unspecified atom stereocenters. The van der Waals surface area contributed by atoms with E-state index in [4.69, 9.17) is 4.74 Å². The largest absolute Gasteiger partial charge is 0.493 e. The highest BCUT2D eigenvalue weighted by molar-refractivity contribution is 9.10. The van der Waals surface area contributed by atoms with Crippen molar-refractivity contribution in [2.45, 2.75) is 46.6 Å². The molecule has 2 nitrogen and oxygen atoms in total. The van der Waals surface area contributed by atoms with E-state index in [1.807, 2.05) is 0 Å². The molecule has 1 rings (SSSR count). The molecule has 0 aliphatic carbocycles. The van der Waals surface area contributed by atoms with Crippen molar-refractivity contribution < 1.29 is 4.74 Å². The molecule has 1 N–H and O–H groups in total. The molecule has 0 atom stereocenters. The summed E-state index contributed by atoms with van der Waals surface area (Å²) in [7, 11) is 0. The first-order valence-electron chi connectivity index (χ1n) is 6.81. The minimum atomic E-state index is 0.805. The van der Waals surface area contributed by atoms with Gasteiger partial charge in [-0.25, -0.2) is 0 Å². The Hall–Kier alpha value is -0.540. The quantitative estimate of drug-likeness (QED) is 0.717. The number of aryl methyl sites for hydroxylation is 1. The molecule has 1 aromatic carbocycles. The van der Waals surface area contributed by atoms with Gasteiger partial charge in [0.15, 0.2) is 0 Å². The summed E-state index contributed by atoms with van der Waals surface area (Å²) in [4.78, 5) is 0. The SMILES string of the molecule is CCCCOc1c(C)cc(Br)cc1CNCCC. The summed E-state index contributed by atoms with van der Waals surface area (Å²) in [6, 6.07) is 4.27. The molecule has 102 valence electrons. The molecule has 0 saturated heterocycles. The predicted molar refractivity (Wildman–Crippen MR) is 81.3 cm³/mol. The molecule has 0 amide bonds. The Morgan fingerprint density at radius 1 is 1.22 bits per heavy atom. The monoisotopic (exact) mass is 313 g/mol. The molecule has 0 bridgehead atoms. The molecule has 0 heterocycles. The third kappa shape index (κ3) is 4.99. The zero-order chi connectivity index (χ0) is 13.4. The molecular formula is C15H24BrNO. The zero-order valence-electron chi connectivity index (χ0n) is 11.7. The molecule has 0 aromatic heterocycles. The fraction of sp³-hybridized carbons (Fsp3) is 0.600. The molecule has 1 aromatic rings. The number of hydrogen-bond donors (Lipinski definition) is 1. The fourth-order valence-electron chi connectivity index (χ4n) is 1.86. The Balaban J connectivity index is 2.76. The second-order valence-corrected chi connectivity index (χ2v) is 5.51. The fourth-order valence-corrected chi connectivity index (χ4v) is 2.48. The van der Waals surface area contributed by atoms with Crippen LogP contribution in [0.25, 0.3) is 0 Å². The standard InChI is InChI=1S/C15H24BrNO/c1-4-6-8-18-15-12(3)9-14(16)10-13(15)11-17-7-5-2/h9-10,17H,4-8,11H2,1-3H3. The molecule has 0 spiro atoms. The minimum absolute atomic E-state index is 0.805. The van der Waals surface area contributed by atoms with Crippen molar-refractivity contribution in [3.8, 4) is 5.75 Å². The number of nitrogens with one attached hydrogen (secondary N) is 1. The van der Waals surface area contributed by atoms with Crippen molar-refractivity contribution in [1.82, 2.24) is 5.32 Å². The summed E-state index contributed by atoms with van der Waals surface area (Å²) in [6.45, 7) is 9.18. The normalized spacial score (nSPS) is 10.7. The summed E-state index contributed by atoms with van der Waals surface area (Å²) < 4.78 is 7.05. The maximum Gasteiger partial charge on any atom is 0.126 e. The average Bonchev–Trinajstić information content (AvgIpc) is 2.32. The number of rotatable bonds is 8. The van der Waals surface area contributed by atoms with Crippen molar-refractivity contribution >= 4 is 15.9 Å². The first-order chi connectivity index (χ1) is 8.69. The predicted octanol–water partition coefficient (Wildman–Crippen LogP) is 4.44. The summed E-state index contributed by atoms with van der Waals surface area (Å²) in [5.74, 6) is 1.05. The topological polar surface area (TPSA) is 21.3 Å². The van der Waals surface area contributed by atoms with Crippen LogP contribution in [-0.4, -0.2) is 13.2 Å². The number of hydrogen-bond acceptors (Lipinski definition) is 2. The van der Waals surface area contributed by atoms with Gasteiger partial charge in [0.1, 0.15) is 5.75 Å². The molecule has 18 heavy (non-hydrogen) atoms. The lowest BCUT2D eigenvalue weighted by atomic mass is 10.1. The van der Waals surface area contributed by atoms with Crippen LogP contribution < -0.4 is 10.1 Å². The van der Waals surface area contributed by atoms with Crippen LogP contribution in [0.15, 0.2) is 16.6 Å². The highest BCUT2D eigenvalue weighted by Gasteiger charge is 2.08. The minimum Gasteiger partial charge on any atom is -0.493 e. The molecule has 0 saturated carbocycles. The molecule has 0 fully saturated rings. The van der Waals surface area contributed by atoms with Crippen molar-refractivity contribution in [1.29, 1.82) is 0 Å². The van der Waals surface area contributed by atoms with Gasteiger partial charge in [0.05, 0.1) is 6.61 Å². The van der Waals surface area contributed by atoms with Crippen LogP contribution in [0.2, 0.25) is 0 Å². The zero-order valence-corrected chi connectivity index (χ0v) is 13.3.